The van der Waals surface area contributed by atoms with Gasteiger partial charge in [-0.25, -0.2) is 0 Å². The van der Waals surface area contributed by atoms with E-state index in [0.29, 0.717) is 13.2 Å². The lowest BCUT2D eigenvalue weighted by Crippen LogP contribution is -2.40. The molecule has 0 unspecified atom stereocenters. The molecule has 3 heteroatoms. The lowest BCUT2D eigenvalue weighted by molar-refractivity contribution is -0.0195. The summed E-state index contributed by atoms with van der Waals surface area (Å²) in [5, 5.41) is 11.0. The molecule has 0 amide bonds. The van der Waals surface area contributed by atoms with Crippen molar-refractivity contribution in [3.8, 4) is 0 Å². The molecule has 1 saturated heterocycles. The van der Waals surface area contributed by atoms with Crippen molar-refractivity contribution >= 4 is 8.07 Å². The summed E-state index contributed by atoms with van der Waals surface area (Å²) < 4.78 is 5.37. The number of rotatable bonds is 2. The fourth-order valence-electron chi connectivity index (χ4n) is 1.62. The lowest BCUT2D eigenvalue weighted by atomic mass is 9.99. The second kappa shape index (κ2) is 3.94. The SMILES string of the molecule is C=C([C@@H]1COCC[C@@H]1O)[Si](C)(C)C. The van der Waals surface area contributed by atoms with Gasteiger partial charge < -0.3 is 9.84 Å². The van der Waals surface area contributed by atoms with E-state index in [0.717, 1.165) is 6.42 Å². The smallest absolute Gasteiger partial charge is 0.0722 e. The average Bonchev–Trinajstić information content (AvgIpc) is 2.02. The third-order valence-electron chi connectivity index (χ3n) is 2.73. The first-order chi connectivity index (χ1) is 5.93. The van der Waals surface area contributed by atoms with E-state index in [2.05, 4.69) is 26.2 Å². The van der Waals surface area contributed by atoms with Gasteiger partial charge in [0.1, 0.15) is 0 Å². The van der Waals surface area contributed by atoms with Crippen LogP contribution in [0.4, 0.5) is 0 Å². The van der Waals surface area contributed by atoms with Crippen molar-refractivity contribution in [2.75, 3.05) is 13.2 Å². The van der Waals surface area contributed by atoms with Crippen LogP contribution in [0.25, 0.3) is 0 Å². The molecular formula is C10H20O2Si. The summed E-state index contributed by atoms with van der Waals surface area (Å²) in [6, 6.07) is 0. The van der Waals surface area contributed by atoms with Crippen molar-refractivity contribution < 1.29 is 9.84 Å². The monoisotopic (exact) mass is 200 g/mol. The van der Waals surface area contributed by atoms with Gasteiger partial charge in [-0.1, -0.05) is 24.8 Å². The van der Waals surface area contributed by atoms with E-state index >= 15 is 0 Å². The topological polar surface area (TPSA) is 29.5 Å². The second-order valence-corrected chi connectivity index (χ2v) is 9.95. The summed E-state index contributed by atoms with van der Waals surface area (Å²) >= 11 is 0. The Balaban J connectivity index is 2.64. The van der Waals surface area contributed by atoms with Gasteiger partial charge in [0.25, 0.3) is 0 Å². The number of hydrogen-bond donors (Lipinski definition) is 1. The molecule has 13 heavy (non-hydrogen) atoms. The summed E-state index contributed by atoms with van der Waals surface area (Å²) in [6.07, 6.45) is 0.529. The summed E-state index contributed by atoms with van der Waals surface area (Å²) in [7, 11) is -1.32. The van der Waals surface area contributed by atoms with Crippen LogP contribution in [0.2, 0.25) is 19.6 Å². The molecule has 0 aromatic rings. The Kier molecular flexibility index (Phi) is 3.32. The van der Waals surface area contributed by atoms with Crippen LogP contribution in [0, 0.1) is 5.92 Å². The van der Waals surface area contributed by atoms with Crippen molar-refractivity contribution in [1.82, 2.24) is 0 Å². The van der Waals surface area contributed by atoms with E-state index in [1.54, 1.807) is 0 Å². The average molecular weight is 200 g/mol. The fourth-order valence-corrected chi connectivity index (χ4v) is 3.00. The van der Waals surface area contributed by atoms with Gasteiger partial charge in [-0.15, -0.1) is 6.58 Å². The zero-order valence-electron chi connectivity index (χ0n) is 8.84. The van der Waals surface area contributed by atoms with E-state index < -0.39 is 8.07 Å². The van der Waals surface area contributed by atoms with Crippen LogP contribution in [0.1, 0.15) is 6.42 Å². The molecule has 0 spiro atoms. The second-order valence-electron chi connectivity index (χ2n) is 4.81. The highest BCUT2D eigenvalue weighted by molar-refractivity contribution is 6.83. The molecule has 0 saturated carbocycles. The molecule has 0 aliphatic carbocycles. The highest BCUT2D eigenvalue weighted by atomic mass is 28.3. The molecule has 0 radical (unpaired) electrons. The molecule has 1 aliphatic rings. The minimum absolute atomic E-state index is 0.181. The maximum Gasteiger partial charge on any atom is 0.0722 e. The minimum Gasteiger partial charge on any atom is -0.392 e. The van der Waals surface area contributed by atoms with Crippen molar-refractivity contribution in [2.45, 2.75) is 32.2 Å². The van der Waals surface area contributed by atoms with Gasteiger partial charge in [-0.2, -0.15) is 0 Å². The fraction of sp³-hybridized carbons (Fsp3) is 0.800. The van der Waals surface area contributed by atoms with Gasteiger partial charge >= 0.3 is 0 Å². The number of aliphatic hydroxyl groups is 1. The number of aliphatic hydroxyl groups excluding tert-OH is 1. The van der Waals surface area contributed by atoms with Crippen LogP contribution in [-0.2, 0) is 4.74 Å². The molecule has 1 aliphatic heterocycles. The zero-order chi connectivity index (χ0) is 10.1. The summed E-state index contributed by atoms with van der Waals surface area (Å²) in [5.74, 6) is 0.181. The van der Waals surface area contributed by atoms with E-state index in [4.69, 9.17) is 4.74 Å². The zero-order valence-corrected chi connectivity index (χ0v) is 9.84. The Morgan fingerprint density at radius 2 is 2.08 bits per heavy atom. The van der Waals surface area contributed by atoms with Crippen LogP contribution >= 0.6 is 0 Å². The maximum atomic E-state index is 9.78. The van der Waals surface area contributed by atoms with Gasteiger partial charge in [0.15, 0.2) is 0 Å². The summed E-state index contributed by atoms with van der Waals surface area (Å²) in [6.45, 7) is 12.3. The first kappa shape index (κ1) is 11.0. The standard InChI is InChI=1S/C10H20O2Si/c1-8(13(2,3)4)9-7-12-6-5-10(9)11/h9-11H,1,5-7H2,2-4H3/t9-,10-/m0/s1. The first-order valence-electron chi connectivity index (χ1n) is 4.88. The Hall–Kier alpha value is -0.123. The van der Waals surface area contributed by atoms with Crippen LogP contribution in [0.15, 0.2) is 11.8 Å². The quantitative estimate of drug-likeness (QED) is 0.689. The van der Waals surface area contributed by atoms with Crippen LogP contribution in [-0.4, -0.2) is 32.5 Å². The Morgan fingerprint density at radius 1 is 1.46 bits per heavy atom. The molecule has 1 N–H and O–H groups in total. The van der Waals surface area contributed by atoms with Crippen LogP contribution in [0.5, 0.6) is 0 Å². The molecular weight excluding hydrogens is 180 g/mol. The van der Waals surface area contributed by atoms with Crippen LogP contribution < -0.4 is 0 Å². The highest BCUT2D eigenvalue weighted by Crippen LogP contribution is 2.27. The van der Waals surface area contributed by atoms with Crippen LogP contribution in [0.3, 0.4) is 0 Å². The van der Waals surface area contributed by atoms with E-state index in [1.165, 1.54) is 5.20 Å². The van der Waals surface area contributed by atoms with Gasteiger partial charge in [0, 0.05) is 12.5 Å². The molecule has 0 bridgehead atoms. The molecule has 1 rings (SSSR count). The van der Waals surface area contributed by atoms with E-state index in [9.17, 15) is 5.11 Å². The van der Waals surface area contributed by atoms with E-state index in [1.807, 2.05) is 0 Å². The Labute approximate surface area is 81.6 Å². The van der Waals surface area contributed by atoms with Gasteiger partial charge in [0.2, 0.25) is 0 Å². The van der Waals surface area contributed by atoms with Gasteiger partial charge in [-0.05, 0) is 6.42 Å². The van der Waals surface area contributed by atoms with Crippen molar-refractivity contribution in [3.05, 3.63) is 11.8 Å². The van der Waals surface area contributed by atoms with Gasteiger partial charge in [-0.3, -0.25) is 0 Å². The first-order valence-corrected chi connectivity index (χ1v) is 8.38. The van der Waals surface area contributed by atoms with Crippen molar-refractivity contribution in [1.29, 1.82) is 0 Å². The molecule has 2 atom stereocenters. The predicted octanol–water partition coefficient (Wildman–Crippen LogP) is 1.82. The lowest BCUT2D eigenvalue weighted by Gasteiger charge is -2.34. The molecule has 1 fully saturated rings. The predicted molar refractivity (Wildman–Crippen MR) is 57.4 cm³/mol. The summed E-state index contributed by atoms with van der Waals surface area (Å²) in [4.78, 5) is 0. The normalized spacial score (nSPS) is 30.2. The Bertz CT molecular complexity index is 196. The molecule has 1 heterocycles. The molecule has 76 valence electrons. The minimum atomic E-state index is -1.32. The maximum absolute atomic E-state index is 9.78. The Morgan fingerprint density at radius 3 is 2.54 bits per heavy atom. The third kappa shape index (κ3) is 2.66. The highest BCUT2D eigenvalue weighted by Gasteiger charge is 2.32. The molecule has 0 aromatic carbocycles. The third-order valence-corrected chi connectivity index (χ3v) is 5.03. The summed E-state index contributed by atoms with van der Waals surface area (Å²) in [5.41, 5.74) is 0. The van der Waals surface area contributed by atoms with Crippen molar-refractivity contribution in [3.63, 3.8) is 0 Å². The number of hydrogen-bond acceptors (Lipinski definition) is 2. The van der Waals surface area contributed by atoms with Crippen molar-refractivity contribution in [2.24, 2.45) is 5.92 Å². The largest absolute Gasteiger partial charge is 0.392 e. The molecule has 2 nitrogen and oxygen atoms in total. The number of ether oxygens (including phenoxy) is 1. The van der Waals surface area contributed by atoms with E-state index in [-0.39, 0.29) is 12.0 Å². The molecule has 0 aromatic heterocycles. The van der Waals surface area contributed by atoms with Gasteiger partial charge in [0.05, 0.1) is 20.8 Å².